The molecule has 0 radical (unpaired) electrons. The van der Waals surface area contributed by atoms with E-state index in [1.54, 1.807) is 0 Å². The van der Waals surface area contributed by atoms with Gasteiger partial charge in [0.25, 0.3) is 0 Å². The average Bonchev–Trinajstić information content (AvgIpc) is 2.80. The highest BCUT2D eigenvalue weighted by atomic mass is 19.4. The van der Waals surface area contributed by atoms with Crippen LogP contribution in [-0.4, -0.2) is 116 Å². The van der Waals surface area contributed by atoms with Crippen LogP contribution in [0.4, 0.5) is 123 Å². The lowest BCUT2D eigenvalue weighted by Gasteiger charge is -2.46. The molecular weight excluding hydrogens is 762 g/mol. The van der Waals surface area contributed by atoms with Gasteiger partial charge in [-0.2, -0.15) is 114 Å². The zero-order valence-electron chi connectivity index (χ0n) is 21.8. The second-order valence-electron chi connectivity index (χ2n) is 10.4. The first-order valence-corrected chi connectivity index (χ1v) is 10.7. The molecule has 0 aromatic carbocycles. The van der Waals surface area contributed by atoms with Gasteiger partial charge in [0.2, 0.25) is 0 Å². The Labute approximate surface area is 240 Å². The molecule has 0 saturated heterocycles. The number of nitrogens with zero attached hydrogens (tertiary/aromatic N) is 1. The topological polar surface area (TPSA) is 0 Å². The minimum atomic E-state index is -9.81. The maximum absolute atomic E-state index is 13.9. The van der Waals surface area contributed by atoms with E-state index in [0.717, 1.165) is 0 Å². The van der Waals surface area contributed by atoms with Crippen molar-refractivity contribution in [2.75, 3.05) is 27.7 Å². The van der Waals surface area contributed by atoms with Gasteiger partial charge in [-0.3, -0.25) is 0 Å². The standard InChI is InChI=1S/C18H12F28N/c1-47(2,3)4-6(21,22)8(25,26)10(29,30)12(33,34)14(37,38)16(41,42)18(45,46)17(43,44)15(39,40)13(35,36)11(31,32)9(27,28)7(23,24)5(19)20/h5H,4H2,1-3H3/q+1. The van der Waals surface area contributed by atoms with Gasteiger partial charge in [0.05, 0.1) is 21.1 Å². The third-order valence-corrected chi connectivity index (χ3v) is 5.77. The molecule has 0 aliphatic rings. The van der Waals surface area contributed by atoms with E-state index in [9.17, 15) is 123 Å². The summed E-state index contributed by atoms with van der Waals surface area (Å²) in [6.45, 7) is -2.87. The Balaban J connectivity index is 7.51. The molecule has 0 aliphatic heterocycles. The number of hydrogen-bond acceptors (Lipinski definition) is 0. The van der Waals surface area contributed by atoms with Gasteiger partial charge in [0.1, 0.15) is 6.54 Å². The Morgan fingerprint density at radius 1 is 0.319 bits per heavy atom. The van der Waals surface area contributed by atoms with Crippen molar-refractivity contribution in [3.8, 4) is 0 Å². The van der Waals surface area contributed by atoms with E-state index in [2.05, 4.69) is 0 Å². The molecule has 29 heteroatoms. The maximum Gasteiger partial charge on any atom is 0.385 e. The molecule has 0 aliphatic carbocycles. The molecule has 0 saturated carbocycles. The lowest BCUT2D eigenvalue weighted by molar-refractivity contribution is -0.880. The minimum absolute atomic E-state index is 0.343. The number of quaternary nitrogens is 1. The summed E-state index contributed by atoms with van der Waals surface area (Å²) in [4.78, 5) is 0. The Morgan fingerprint density at radius 2 is 0.489 bits per heavy atom. The van der Waals surface area contributed by atoms with Crippen molar-refractivity contribution in [3.05, 3.63) is 0 Å². The molecule has 0 heterocycles. The number of hydrogen-bond donors (Lipinski definition) is 0. The monoisotopic (exact) mass is 774 g/mol. The van der Waals surface area contributed by atoms with E-state index in [0.29, 0.717) is 21.1 Å². The average molecular weight is 774 g/mol. The number of halogens is 28. The van der Waals surface area contributed by atoms with Crippen LogP contribution in [0, 0.1) is 0 Å². The van der Waals surface area contributed by atoms with E-state index >= 15 is 0 Å². The molecule has 0 aromatic heterocycles. The van der Waals surface area contributed by atoms with Crippen LogP contribution in [0.1, 0.15) is 0 Å². The highest BCUT2D eigenvalue weighted by Crippen LogP contribution is 2.68. The van der Waals surface area contributed by atoms with Crippen molar-refractivity contribution in [1.82, 2.24) is 0 Å². The molecule has 0 amide bonds. The van der Waals surface area contributed by atoms with Crippen LogP contribution in [-0.2, 0) is 0 Å². The Bertz CT molecular complexity index is 1120. The molecule has 0 atom stereocenters. The highest BCUT2D eigenvalue weighted by Gasteiger charge is 3.00. The van der Waals surface area contributed by atoms with E-state index < -0.39 is 94.4 Å². The van der Waals surface area contributed by atoms with Gasteiger partial charge in [-0.05, 0) is 0 Å². The summed E-state index contributed by atoms with van der Waals surface area (Å²) in [7, 11) is 1.03. The number of alkyl halides is 28. The van der Waals surface area contributed by atoms with Crippen molar-refractivity contribution < 1.29 is 127 Å². The van der Waals surface area contributed by atoms with Crippen LogP contribution in [0.2, 0.25) is 0 Å². The van der Waals surface area contributed by atoms with Crippen LogP contribution in [0.25, 0.3) is 0 Å². The molecule has 0 bridgehead atoms. The van der Waals surface area contributed by atoms with Gasteiger partial charge in [0.15, 0.2) is 0 Å². The first-order valence-electron chi connectivity index (χ1n) is 10.7. The van der Waals surface area contributed by atoms with E-state index in [1.807, 2.05) is 0 Å². The summed E-state index contributed by atoms with van der Waals surface area (Å²) in [5.41, 5.74) is 0. The van der Waals surface area contributed by atoms with Gasteiger partial charge in [-0.15, -0.1) is 0 Å². The van der Waals surface area contributed by atoms with Gasteiger partial charge < -0.3 is 4.48 Å². The zero-order valence-corrected chi connectivity index (χ0v) is 21.8. The summed E-state index contributed by atoms with van der Waals surface area (Å²) in [6, 6.07) is 0. The first kappa shape index (κ1) is 45.0. The molecule has 0 N–H and O–H groups in total. The van der Waals surface area contributed by atoms with Gasteiger partial charge in [0, 0.05) is 0 Å². The van der Waals surface area contributed by atoms with E-state index in [1.165, 1.54) is 0 Å². The number of rotatable bonds is 15. The molecule has 0 aromatic rings. The molecule has 47 heavy (non-hydrogen) atoms. The fourth-order valence-electron chi connectivity index (χ4n) is 3.05. The van der Waals surface area contributed by atoms with E-state index in [-0.39, 0.29) is 0 Å². The predicted octanol–water partition coefficient (Wildman–Crippen LogP) is 9.22. The molecule has 284 valence electrons. The lowest BCUT2D eigenvalue weighted by atomic mass is 9.83. The summed E-state index contributed by atoms with van der Waals surface area (Å²) >= 11 is 0. The van der Waals surface area contributed by atoms with Crippen molar-refractivity contribution in [3.63, 3.8) is 0 Å². The van der Waals surface area contributed by atoms with Crippen LogP contribution >= 0.6 is 0 Å². The second-order valence-corrected chi connectivity index (χ2v) is 10.4. The second kappa shape index (κ2) is 11.0. The zero-order chi connectivity index (χ0) is 39.3. The Kier molecular flexibility index (Phi) is 10.5. The SMILES string of the molecule is C[N+](C)(C)CC(F)(F)C(F)(F)C(F)(F)C(F)(F)C(F)(F)C(F)(F)C(F)(F)C(F)(F)C(F)(F)C(F)(F)C(F)(F)C(F)(F)C(F)(F)C(F)F. The van der Waals surface area contributed by atoms with Crippen LogP contribution in [0.3, 0.4) is 0 Å². The molecule has 0 spiro atoms. The quantitative estimate of drug-likeness (QED) is 0.115. The molecule has 1 nitrogen and oxygen atoms in total. The lowest BCUT2D eigenvalue weighted by Crippen LogP contribution is -2.79. The van der Waals surface area contributed by atoms with Crippen LogP contribution < -0.4 is 0 Å². The fourth-order valence-corrected chi connectivity index (χ4v) is 3.05. The predicted molar refractivity (Wildman–Crippen MR) is 93.2 cm³/mol. The third-order valence-electron chi connectivity index (χ3n) is 5.77. The van der Waals surface area contributed by atoms with Crippen molar-refractivity contribution >= 4 is 0 Å². The smallest absolute Gasteiger partial charge is 0.326 e. The fraction of sp³-hybridized carbons (Fsp3) is 1.00. The molecule has 0 rings (SSSR count). The van der Waals surface area contributed by atoms with Gasteiger partial charge >= 0.3 is 83.4 Å². The van der Waals surface area contributed by atoms with Crippen molar-refractivity contribution in [2.45, 2.75) is 83.4 Å². The van der Waals surface area contributed by atoms with Gasteiger partial charge in [-0.1, -0.05) is 0 Å². The first-order chi connectivity index (χ1) is 19.7. The van der Waals surface area contributed by atoms with Crippen LogP contribution in [0.5, 0.6) is 0 Å². The maximum atomic E-state index is 13.9. The summed E-state index contributed by atoms with van der Waals surface area (Å²) in [6.07, 6.45) is -6.37. The van der Waals surface area contributed by atoms with Gasteiger partial charge in [-0.25, -0.2) is 8.78 Å². The summed E-state index contributed by atoms with van der Waals surface area (Å²) in [5, 5.41) is 0. The van der Waals surface area contributed by atoms with E-state index in [4.69, 9.17) is 0 Å². The summed E-state index contributed by atoms with van der Waals surface area (Å²) in [5.74, 6) is -118. The highest BCUT2D eigenvalue weighted by molar-refractivity contribution is 5.20. The normalized spacial score (nSPS) is 17.1. The largest absolute Gasteiger partial charge is 0.385 e. The van der Waals surface area contributed by atoms with Crippen molar-refractivity contribution in [2.24, 2.45) is 0 Å². The minimum Gasteiger partial charge on any atom is -0.326 e. The Hall–Kier alpha value is -2.00. The molecular formula is C18H12F28N+. The molecule has 0 unspecified atom stereocenters. The van der Waals surface area contributed by atoms with Crippen LogP contribution in [0.15, 0.2) is 0 Å². The third kappa shape index (κ3) is 5.57. The Morgan fingerprint density at radius 3 is 0.660 bits per heavy atom. The summed E-state index contributed by atoms with van der Waals surface area (Å²) < 4.78 is 376. The molecule has 0 fully saturated rings. The van der Waals surface area contributed by atoms with Crippen molar-refractivity contribution in [1.29, 1.82) is 0 Å².